The van der Waals surface area contributed by atoms with Gasteiger partial charge in [-0.25, -0.2) is 9.97 Å². The number of rotatable bonds is 13. The van der Waals surface area contributed by atoms with E-state index in [0.29, 0.717) is 69.8 Å². The Hall–Kier alpha value is -3.76. The summed E-state index contributed by atoms with van der Waals surface area (Å²) < 4.78 is 105. The molecule has 1 aromatic heterocycles. The van der Waals surface area contributed by atoms with E-state index >= 15 is 0 Å². The summed E-state index contributed by atoms with van der Waals surface area (Å²) in [5.41, 5.74) is -0.0602. The van der Waals surface area contributed by atoms with Crippen LogP contribution < -0.4 is 15.1 Å². The lowest BCUT2D eigenvalue weighted by molar-refractivity contribution is -0.144. The largest absolute Gasteiger partial charge is 0.451 e. The standard InChI is InChI=1S/C32H41F6N5O2.O3S/c1-2-17-39-29(45)10-4-7-23-15-19-42(20-16-23)27-21-28(41-30(40-27)32(36,37)38)43-18-5-8-25(43)26(44)9-3-6-22-11-13-24(14-12-22)31(33,34)35;1-4(2)3/h11-14,21,23,25H,2-10,15-20H2,1H3,(H,39,45);/t25-;/m0./s1. The summed E-state index contributed by atoms with van der Waals surface area (Å²) in [6.45, 7) is 4.11. The maximum absolute atomic E-state index is 13.9. The Kier molecular flexibility index (Phi) is 14.8. The molecule has 0 radical (unpaired) electrons. The zero-order valence-electron chi connectivity index (χ0n) is 27.2. The Balaban J connectivity index is 0.00000154. The molecule has 3 heterocycles. The molecule has 17 heteroatoms. The van der Waals surface area contributed by atoms with Gasteiger partial charge in [0.25, 0.3) is 0 Å². The van der Waals surface area contributed by atoms with Gasteiger partial charge in [-0.15, -0.1) is 12.6 Å². The van der Waals surface area contributed by atoms with Crippen molar-refractivity contribution in [3.63, 3.8) is 0 Å². The van der Waals surface area contributed by atoms with Crippen molar-refractivity contribution in [3.05, 3.63) is 47.3 Å². The minimum Gasteiger partial charge on any atom is -0.356 e. The Morgan fingerprint density at radius 3 is 2.10 bits per heavy atom. The Labute approximate surface area is 282 Å². The van der Waals surface area contributed by atoms with E-state index in [-0.39, 0.29) is 29.7 Å². The van der Waals surface area contributed by atoms with Crippen molar-refractivity contribution in [2.45, 2.75) is 95.9 Å². The number of hydrogen-bond donors (Lipinski definition) is 1. The first-order valence-corrected chi connectivity index (χ1v) is 17.3. The molecule has 0 saturated carbocycles. The maximum Gasteiger partial charge on any atom is 0.451 e. The highest BCUT2D eigenvalue weighted by molar-refractivity contribution is 7.59. The van der Waals surface area contributed by atoms with Gasteiger partial charge in [-0.3, -0.25) is 9.59 Å². The summed E-state index contributed by atoms with van der Waals surface area (Å²) in [5, 5.41) is 2.87. The fourth-order valence-corrected chi connectivity index (χ4v) is 6.08. The molecule has 2 aliphatic rings. The van der Waals surface area contributed by atoms with Gasteiger partial charge < -0.3 is 15.1 Å². The minimum atomic E-state index is -4.76. The van der Waals surface area contributed by atoms with Crippen molar-refractivity contribution in [1.29, 1.82) is 0 Å². The number of benzene rings is 1. The molecule has 2 aromatic rings. The fourth-order valence-electron chi connectivity index (χ4n) is 6.08. The van der Waals surface area contributed by atoms with Crippen molar-refractivity contribution in [2.75, 3.05) is 36.0 Å². The Bertz CT molecular complexity index is 1490. The van der Waals surface area contributed by atoms with Gasteiger partial charge >= 0.3 is 23.0 Å². The van der Waals surface area contributed by atoms with Crippen molar-refractivity contribution in [3.8, 4) is 0 Å². The van der Waals surface area contributed by atoms with Crippen molar-refractivity contribution >= 4 is 33.9 Å². The van der Waals surface area contributed by atoms with Gasteiger partial charge in [-0.2, -0.15) is 26.3 Å². The van der Waals surface area contributed by atoms with Gasteiger partial charge in [0, 0.05) is 45.1 Å². The van der Waals surface area contributed by atoms with Crippen LogP contribution in [0.15, 0.2) is 30.3 Å². The quantitative estimate of drug-likeness (QED) is 0.248. The summed E-state index contributed by atoms with van der Waals surface area (Å²) in [6.07, 6.45) is -2.53. The van der Waals surface area contributed by atoms with Gasteiger partial charge in [-0.1, -0.05) is 19.1 Å². The average molecular weight is 722 g/mol. The number of carbonyl (C=O) groups is 2. The molecule has 1 N–H and O–H groups in total. The number of Topliss-reactive ketones (excluding diaryl/α,β-unsaturated/α-hetero) is 1. The highest BCUT2D eigenvalue weighted by Crippen LogP contribution is 2.35. The monoisotopic (exact) mass is 721 g/mol. The van der Waals surface area contributed by atoms with E-state index in [2.05, 4.69) is 15.3 Å². The van der Waals surface area contributed by atoms with Crippen molar-refractivity contribution in [2.24, 2.45) is 5.92 Å². The van der Waals surface area contributed by atoms with Crippen LogP contribution in [0, 0.1) is 5.92 Å². The number of aromatic nitrogens is 2. The molecule has 10 nitrogen and oxygen atoms in total. The number of halogens is 6. The number of anilines is 2. The number of aryl methyl sites for hydroxylation is 1. The second-order valence-corrected chi connectivity index (χ2v) is 12.6. The molecule has 1 atom stereocenters. The van der Waals surface area contributed by atoms with Gasteiger partial charge in [-0.05, 0) is 81.4 Å². The van der Waals surface area contributed by atoms with Crippen LogP contribution in [0.1, 0.15) is 88.1 Å². The molecule has 2 fully saturated rings. The number of piperidine rings is 1. The maximum atomic E-state index is 13.9. The molecule has 0 aliphatic carbocycles. The Morgan fingerprint density at radius 2 is 1.51 bits per heavy atom. The smallest absolute Gasteiger partial charge is 0.356 e. The molecule has 0 bridgehead atoms. The van der Waals surface area contributed by atoms with E-state index in [0.717, 1.165) is 44.2 Å². The van der Waals surface area contributed by atoms with E-state index in [1.54, 1.807) is 11.0 Å². The molecular formula is C32H41F6N5O5S. The van der Waals surface area contributed by atoms with Crippen molar-refractivity contribution < 1.29 is 48.6 Å². The molecule has 0 unspecified atom stereocenters. The normalized spacial score (nSPS) is 17.0. The van der Waals surface area contributed by atoms with Crippen molar-refractivity contribution in [1.82, 2.24) is 15.3 Å². The van der Waals surface area contributed by atoms with Gasteiger partial charge in [0.1, 0.15) is 11.6 Å². The molecule has 49 heavy (non-hydrogen) atoms. The zero-order valence-corrected chi connectivity index (χ0v) is 28.0. The summed E-state index contributed by atoms with van der Waals surface area (Å²) in [7, 11) is -3.11. The summed E-state index contributed by atoms with van der Waals surface area (Å²) in [6, 6.07) is 5.73. The molecule has 272 valence electrons. The fraction of sp³-hybridized carbons (Fsp3) is 0.625. The lowest BCUT2D eigenvalue weighted by Gasteiger charge is -2.34. The van der Waals surface area contributed by atoms with E-state index in [1.165, 1.54) is 12.1 Å². The number of hydrogen-bond acceptors (Lipinski definition) is 9. The number of amides is 1. The van der Waals surface area contributed by atoms with Crippen LogP contribution >= 0.6 is 0 Å². The Morgan fingerprint density at radius 1 is 0.878 bits per heavy atom. The first kappa shape index (κ1) is 39.7. The molecule has 4 rings (SSSR count). The highest BCUT2D eigenvalue weighted by atomic mass is 32.2. The average Bonchev–Trinajstić information content (AvgIpc) is 3.54. The van der Waals surface area contributed by atoms with Gasteiger partial charge in [0.2, 0.25) is 11.7 Å². The second-order valence-electron chi connectivity index (χ2n) is 12.1. The lowest BCUT2D eigenvalue weighted by Crippen LogP contribution is -2.38. The van der Waals surface area contributed by atoms with Crippen LogP contribution in [0.2, 0.25) is 0 Å². The van der Waals surface area contributed by atoms with Crippen LogP contribution in [0.5, 0.6) is 0 Å². The van der Waals surface area contributed by atoms with Crippen LogP contribution in [0.3, 0.4) is 0 Å². The van der Waals surface area contributed by atoms with E-state index in [9.17, 15) is 35.9 Å². The lowest BCUT2D eigenvalue weighted by atomic mass is 9.91. The third kappa shape index (κ3) is 12.9. The van der Waals surface area contributed by atoms with Gasteiger partial charge in [0.15, 0.2) is 5.78 Å². The SMILES string of the molecule is CCCNC(=O)CCCC1CCN(c2cc(N3CCC[C@H]3C(=O)CCCc3ccc(C(F)(F)F)cc3)nc(C(F)(F)F)n2)CC1.O=S(=O)=O. The third-order valence-electron chi connectivity index (χ3n) is 8.57. The van der Waals surface area contributed by atoms with Crippen LogP contribution in [0.4, 0.5) is 38.0 Å². The number of ketones is 1. The first-order valence-electron chi connectivity index (χ1n) is 16.3. The summed E-state index contributed by atoms with van der Waals surface area (Å²) >= 11 is 0. The molecule has 1 aromatic carbocycles. The highest BCUT2D eigenvalue weighted by Gasteiger charge is 2.39. The van der Waals surface area contributed by atoms with E-state index in [4.69, 9.17) is 12.6 Å². The molecular weight excluding hydrogens is 680 g/mol. The third-order valence-corrected chi connectivity index (χ3v) is 8.57. The number of nitrogens with zero attached hydrogens (tertiary/aromatic N) is 4. The molecule has 0 spiro atoms. The zero-order chi connectivity index (χ0) is 36.2. The predicted molar refractivity (Wildman–Crippen MR) is 169 cm³/mol. The van der Waals surface area contributed by atoms with Gasteiger partial charge in [0.05, 0.1) is 11.6 Å². The van der Waals surface area contributed by atoms with Crippen LogP contribution in [-0.2, 0) is 39.0 Å². The number of carbonyl (C=O) groups excluding carboxylic acids is 2. The predicted octanol–water partition coefficient (Wildman–Crippen LogP) is 5.98. The second kappa shape index (κ2) is 18.3. The van der Waals surface area contributed by atoms with Crippen LogP contribution in [-0.4, -0.2) is 66.5 Å². The summed E-state index contributed by atoms with van der Waals surface area (Å²) in [5.74, 6) is -0.684. The number of alkyl halides is 6. The minimum absolute atomic E-state index is 0.0420. The summed E-state index contributed by atoms with van der Waals surface area (Å²) in [4.78, 5) is 36.2. The molecule has 2 aliphatic heterocycles. The topological polar surface area (TPSA) is 130 Å². The van der Waals surface area contributed by atoms with E-state index < -0.39 is 40.4 Å². The van der Waals surface area contributed by atoms with Crippen LogP contribution in [0.25, 0.3) is 0 Å². The molecule has 1 amide bonds. The number of nitrogens with one attached hydrogen (secondary N) is 1. The first-order chi connectivity index (χ1) is 23.1. The van der Waals surface area contributed by atoms with E-state index in [1.807, 2.05) is 11.8 Å². The molecule has 2 saturated heterocycles.